The molecule has 3 aromatic rings. The fraction of sp³-hybridized carbons (Fsp3) is 0.200. The SMILES string of the molecule is OCCN1C(=S)N[C@H](c2ccccn2)[C@@H]1c1cccn1-c1ccc(F)c(Cl)c1. The number of β-amino-alcohol motifs (C(OH)–C–C–N with tert-alkyl or cyclic N) is 1. The van der Waals surface area contributed by atoms with E-state index in [1.807, 2.05) is 46.0 Å². The Kier molecular flexibility index (Phi) is 5.30. The van der Waals surface area contributed by atoms with Gasteiger partial charge in [-0.25, -0.2) is 4.39 Å². The van der Waals surface area contributed by atoms with Crippen molar-refractivity contribution in [2.75, 3.05) is 13.2 Å². The number of thiocarbonyl (C=S) groups is 1. The molecule has 8 heteroatoms. The fourth-order valence-corrected chi connectivity index (χ4v) is 4.09. The Hall–Kier alpha value is -2.48. The van der Waals surface area contributed by atoms with Crippen LogP contribution in [0.1, 0.15) is 23.5 Å². The van der Waals surface area contributed by atoms with Gasteiger partial charge in [0.25, 0.3) is 0 Å². The predicted octanol–water partition coefficient (Wildman–Crippen LogP) is 3.63. The lowest BCUT2D eigenvalue weighted by atomic mass is 10.0. The molecule has 2 atom stereocenters. The smallest absolute Gasteiger partial charge is 0.170 e. The van der Waals surface area contributed by atoms with Crippen molar-refractivity contribution in [1.29, 1.82) is 0 Å². The van der Waals surface area contributed by atoms with Gasteiger partial charge in [-0.1, -0.05) is 17.7 Å². The largest absolute Gasteiger partial charge is 0.395 e. The highest BCUT2D eigenvalue weighted by Crippen LogP contribution is 2.39. The normalized spacial score (nSPS) is 19.1. The number of nitrogens with zero attached hydrogens (tertiary/aromatic N) is 3. The van der Waals surface area contributed by atoms with Gasteiger partial charge in [-0.2, -0.15) is 0 Å². The first-order valence-electron chi connectivity index (χ1n) is 8.81. The minimum atomic E-state index is -0.462. The molecule has 1 aromatic carbocycles. The molecule has 144 valence electrons. The van der Waals surface area contributed by atoms with E-state index in [9.17, 15) is 9.50 Å². The molecule has 0 amide bonds. The third-order valence-electron chi connectivity index (χ3n) is 4.80. The Balaban J connectivity index is 1.81. The number of benzene rings is 1. The summed E-state index contributed by atoms with van der Waals surface area (Å²) in [6.45, 7) is 0.353. The third-order valence-corrected chi connectivity index (χ3v) is 5.45. The van der Waals surface area contributed by atoms with E-state index in [1.165, 1.54) is 6.07 Å². The van der Waals surface area contributed by atoms with Gasteiger partial charge in [0.2, 0.25) is 0 Å². The van der Waals surface area contributed by atoms with Gasteiger partial charge in [0.05, 0.1) is 29.4 Å². The van der Waals surface area contributed by atoms with Crippen molar-refractivity contribution >= 4 is 28.9 Å². The van der Waals surface area contributed by atoms with E-state index in [0.717, 1.165) is 17.1 Å². The summed E-state index contributed by atoms with van der Waals surface area (Å²) >= 11 is 11.5. The number of hydrogen-bond donors (Lipinski definition) is 2. The van der Waals surface area contributed by atoms with E-state index in [4.69, 9.17) is 23.8 Å². The number of aliphatic hydroxyl groups excluding tert-OH is 1. The third kappa shape index (κ3) is 3.37. The standard InChI is InChI=1S/C20H18ClFN4OS/c21-14-12-13(6-7-15(14)22)25-9-3-5-17(25)19-18(16-4-1-2-8-23-16)24-20(28)26(19)10-11-27/h1-9,12,18-19,27H,10-11H2,(H,24,28)/t18-,19+/m1/s1. The minimum absolute atomic E-state index is 0.0314. The van der Waals surface area contributed by atoms with Crippen LogP contribution in [-0.4, -0.2) is 37.8 Å². The molecule has 2 aromatic heterocycles. The van der Waals surface area contributed by atoms with E-state index in [2.05, 4.69) is 10.3 Å². The molecule has 0 radical (unpaired) electrons. The second-order valence-electron chi connectivity index (χ2n) is 6.45. The lowest BCUT2D eigenvalue weighted by Gasteiger charge is -2.28. The number of aromatic nitrogens is 2. The summed E-state index contributed by atoms with van der Waals surface area (Å²) in [4.78, 5) is 6.44. The highest BCUT2D eigenvalue weighted by atomic mass is 35.5. The number of rotatable bonds is 5. The Morgan fingerprint density at radius 1 is 1.21 bits per heavy atom. The van der Waals surface area contributed by atoms with Crippen molar-refractivity contribution in [3.05, 3.63) is 83.2 Å². The van der Waals surface area contributed by atoms with Gasteiger partial charge in [-0.15, -0.1) is 0 Å². The first-order valence-corrected chi connectivity index (χ1v) is 9.60. The zero-order chi connectivity index (χ0) is 19.7. The molecule has 0 aliphatic carbocycles. The Morgan fingerprint density at radius 3 is 2.79 bits per heavy atom. The summed E-state index contributed by atoms with van der Waals surface area (Å²) < 4.78 is 15.6. The molecule has 5 nitrogen and oxygen atoms in total. The number of halogens is 2. The second kappa shape index (κ2) is 7.87. The van der Waals surface area contributed by atoms with Crippen molar-refractivity contribution in [1.82, 2.24) is 19.8 Å². The van der Waals surface area contributed by atoms with Crippen LogP contribution in [0.5, 0.6) is 0 Å². The molecule has 3 heterocycles. The predicted molar refractivity (Wildman–Crippen MR) is 110 cm³/mol. The van der Waals surface area contributed by atoms with Crippen LogP contribution < -0.4 is 5.32 Å². The average Bonchev–Trinajstić information content (AvgIpc) is 3.30. The first-order chi connectivity index (χ1) is 13.6. The van der Waals surface area contributed by atoms with E-state index in [1.54, 1.807) is 18.3 Å². The van der Waals surface area contributed by atoms with Crippen LogP contribution in [0.15, 0.2) is 60.9 Å². The lowest BCUT2D eigenvalue weighted by Crippen LogP contribution is -2.32. The van der Waals surface area contributed by atoms with Crippen molar-refractivity contribution < 1.29 is 9.50 Å². The monoisotopic (exact) mass is 416 g/mol. The second-order valence-corrected chi connectivity index (χ2v) is 7.24. The average molecular weight is 417 g/mol. The molecule has 4 rings (SSSR count). The van der Waals surface area contributed by atoms with Crippen LogP contribution in [0.4, 0.5) is 4.39 Å². The van der Waals surface area contributed by atoms with Gasteiger partial charge < -0.3 is 19.9 Å². The number of pyridine rings is 1. The van der Waals surface area contributed by atoms with Crippen molar-refractivity contribution in [2.45, 2.75) is 12.1 Å². The summed E-state index contributed by atoms with van der Waals surface area (Å²) in [5.41, 5.74) is 2.52. The molecular formula is C20H18ClFN4OS. The Labute approximate surface area is 172 Å². The van der Waals surface area contributed by atoms with E-state index >= 15 is 0 Å². The Morgan fingerprint density at radius 2 is 2.07 bits per heavy atom. The number of nitrogens with one attached hydrogen (secondary N) is 1. The fourth-order valence-electron chi connectivity index (χ4n) is 3.58. The van der Waals surface area contributed by atoms with Crippen LogP contribution in [0, 0.1) is 5.82 Å². The maximum Gasteiger partial charge on any atom is 0.170 e. The quantitative estimate of drug-likeness (QED) is 0.622. The molecule has 0 bridgehead atoms. The first kappa shape index (κ1) is 18.9. The highest BCUT2D eigenvalue weighted by molar-refractivity contribution is 7.80. The topological polar surface area (TPSA) is 53.3 Å². The molecule has 1 aliphatic rings. The van der Waals surface area contributed by atoms with Gasteiger partial charge in [-0.3, -0.25) is 4.98 Å². The molecule has 1 saturated heterocycles. The highest BCUT2D eigenvalue weighted by Gasteiger charge is 2.40. The van der Waals surface area contributed by atoms with Gasteiger partial charge in [0, 0.05) is 30.3 Å². The van der Waals surface area contributed by atoms with Gasteiger partial charge >= 0.3 is 0 Å². The lowest BCUT2D eigenvalue weighted by molar-refractivity contribution is 0.220. The molecule has 0 saturated carbocycles. The van der Waals surface area contributed by atoms with Gasteiger partial charge in [0.15, 0.2) is 5.11 Å². The zero-order valence-corrected chi connectivity index (χ0v) is 16.4. The van der Waals surface area contributed by atoms with Crippen molar-refractivity contribution in [3.8, 4) is 5.69 Å². The molecule has 0 spiro atoms. The van der Waals surface area contributed by atoms with Crippen molar-refractivity contribution in [2.24, 2.45) is 0 Å². The molecule has 28 heavy (non-hydrogen) atoms. The summed E-state index contributed by atoms with van der Waals surface area (Å²) in [6.07, 6.45) is 3.64. The van der Waals surface area contributed by atoms with Gasteiger partial charge in [0.1, 0.15) is 5.82 Å². The van der Waals surface area contributed by atoms with E-state index < -0.39 is 5.82 Å². The van der Waals surface area contributed by atoms with Crippen LogP contribution in [-0.2, 0) is 0 Å². The van der Waals surface area contributed by atoms with Gasteiger partial charge in [-0.05, 0) is 54.7 Å². The van der Waals surface area contributed by atoms with Crippen LogP contribution >= 0.6 is 23.8 Å². The van der Waals surface area contributed by atoms with Crippen molar-refractivity contribution in [3.63, 3.8) is 0 Å². The van der Waals surface area contributed by atoms with Crippen LogP contribution in [0.3, 0.4) is 0 Å². The number of hydrogen-bond acceptors (Lipinski definition) is 3. The molecule has 1 aliphatic heterocycles. The maximum absolute atomic E-state index is 13.6. The zero-order valence-electron chi connectivity index (χ0n) is 14.8. The molecule has 2 N–H and O–H groups in total. The summed E-state index contributed by atoms with van der Waals surface area (Å²) in [6, 6.07) is 13.9. The molecule has 1 fully saturated rings. The van der Waals surface area contributed by atoms with Crippen LogP contribution in [0.25, 0.3) is 5.69 Å². The molecule has 0 unspecified atom stereocenters. The summed E-state index contributed by atoms with van der Waals surface area (Å²) in [5.74, 6) is -0.462. The van der Waals surface area contributed by atoms with Crippen LogP contribution in [0.2, 0.25) is 5.02 Å². The van der Waals surface area contributed by atoms with E-state index in [-0.39, 0.29) is 23.7 Å². The Bertz CT molecular complexity index is 997. The minimum Gasteiger partial charge on any atom is -0.395 e. The van der Waals surface area contributed by atoms with E-state index in [0.29, 0.717) is 11.7 Å². The summed E-state index contributed by atoms with van der Waals surface area (Å²) in [5, 5.41) is 13.5. The maximum atomic E-state index is 13.6. The molecular weight excluding hydrogens is 399 g/mol. The summed E-state index contributed by atoms with van der Waals surface area (Å²) in [7, 11) is 0. The number of aliphatic hydroxyl groups is 1.